The summed E-state index contributed by atoms with van der Waals surface area (Å²) >= 11 is 0. The zero-order chi connectivity index (χ0) is 15.6. The highest BCUT2D eigenvalue weighted by Gasteiger charge is 2.19. The highest BCUT2D eigenvalue weighted by Crippen LogP contribution is 2.08. The quantitative estimate of drug-likeness (QED) is 0.724. The van der Waals surface area contributed by atoms with E-state index in [4.69, 9.17) is 0 Å². The summed E-state index contributed by atoms with van der Waals surface area (Å²) in [5.74, 6) is 0.101. The van der Waals surface area contributed by atoms with Gasteiger partial charge in [0, 0.05) is 45.5 Å². The van der Waals surface area contributed by atoms with Gasteiger partial charge in [-0.3, -0.25) is 23.6 Å². The molecule has 0 spiro atoms. The average molecular weight is 294 g/mol. The fourth-order valence-corrected chi connectivity index (χ4v) is 2.56. The van der Waals surface area contributed by atoms with Gasteiger partial charge in [-0.15, -0.1) is 0 Å². The number of amides is 1. The monoisotopic (exact) mass is 294 g/mol. The van der Waals surface area contributed by atoms with Crippen LogP contribution in [0.2, 0.25) is 0 Å². The zero-order valence-corrected chi connectivity index (χ0v) is 12.8. The van der Waals surface area contributed by atoms with Crippen molar-refractivity contribution in [3.8, 4) is 0 Å². The highest BCUT2D eigenvalue weighted by molar-refractivity contribution is 5.78. The van der Waals surface area contributed by atoms with Crippen LogP contribution in [0, 0.1) is 0 Å². The molecule has 2 rings (SSSR count). The molecule has 7 heteroatoms. The molecule has 116 valence electrons. The van der Waals surface area contributed by atoms with Crippen molar-refractivity contribution in [3.63, 3.8) is 0 Å². The molecule has 1 aliphatic heterocycles. The Hall–Kier alpha value is -1.89. The summed E-state index contributed by atoms with van der Waals surface area (Å²) in [6.45, 7) is 2.35. The Balaban J connectivity index is 2.06. The molecule has 1 aromatic heterocycles. The molecule has 0 bridgehead atoms. The number of nitrogens with zero attached hydrogens (tertiary/aromatic N) is 4. The molecule has 0 unspecified atom stereocenters. The van der Waals surface area contributed by atoms with E-state index in [-0.39, 0.29) is 17.2 Å². The third-order valence-corrected chi connectivity index (χ3v) is 3.92. The first-order valence-electron chi connectivity index (χ1n) is 7.12. The molecular weight excluding hydrogens is 272 g/mol. The fraction of sp³-hybridized carbons (Fsp3) is 0.643. The van der Waals surface area contributed by atoms with Crippen molar-refractivity contribution in [1.29, 1.82) is 0 Å². The number of rotatable bonds is 4. The predicted octanol–water partition coefficient (Wildman–Crippen LogP) is -0.862. The predicted molar refractivity (Wildman–Crippen MR) is 79.1 cm³/mol. The lowest BCUT2D eigenvalue weighted by atomic mass is 10.3. The molecule has 1 saturated heterocycles. The Morgan fingerprint density at radius 1 is 1.19 bits per heavy atom. The summed E-state index contributed by atoms with van der Waals surface area (Å²) in [5.41, 5.74) is -0.0658. The Kier molecular flexibility index (Phi) is 4.62. The van der Waals surface area contributed by atoms with Crippen molar-refractivity contribution >= 4 is 5.91 Å². The van der Waals surface area contributed by atoms with Crippen LogP contribution in [0.1, 0.15) is 18.5 Å². The SMILES string of the molecule is CN(CC(=O)N1CCCC1)Cc1cc(=O)n(C)c(=O)n1C. The van der Waals surface area contributed by atoms with Gasteiger partial charge in [0.25, 0.3) is 5.56 Å². The number of likely N-dealkylation sites (N-methyl/N-ethyl adjacent to an activating group) is 1. The number of carbonyl (C=O) groups is 1. The van der Waals surface area contributed by atoms with E-state index >= 15 is 0 Å². The minimum atomic E-state index is -0.350. The topological polar surface area (TPSA) is 67.6 Å². The molecule has 0 atom stereocenters. The van der Waals surface area contributed by atoms with Gasteiger partial charge in [-0.1, -0.05) is 0 Å². The second-order valence-corrected chi connectivity index (χ2v) is 5.63. The van der Waals surface area contributed by atoms with Crippen LogP contribution < -0.4 is 11.2 Å². The summed E-state index contributed by atoms with van der Waals surface area (Å²) in [4.78, 5) is 39.3. The van der Waals surface area contributed by atoms with Crippen LogP contribution >= 0.6 is 0 Å². The van der Waals surface area contributed by atoms with Gasteiger partial charge in [0.2, 0.25) is 5.91 Å². The van der Waals surface area contributed by atoms with Gasteiger partial charge in [-0.2, -0.15) is 0 Å². The maximum Gasteiger partial charge on any atom is 0.330 e. The van der Waals surface area contributed by atoms with Crippen LogP contribution in [0.5, 0.6) is 0 Å². The largest absolute Gasteiger partial charge is 0.342 e. The van der Waals surface area contributed by atoms with Crippen molar-refractivity contribution in [1.82, 2.24) is 18.9 Å². The van der Waals surface area contributed by atoms with Gasteiger partial charge < -0.3 is 4.90 Å². The Morgan fingerprint density at radius 3 is 2.43 bits per heavy atom. The van der Waals surface area contributed by atoms with E-state index in [1.165, 1.54) is 17.7 Å². The van der Waals surface area contributed by atoms with E-state index < -0.39 is 0 Å². The maximum atomic E-state index is 12.1. The molecule has 7 nitrogen and oxygen atoms in total. The van der Waals surface area contributed by atoms with Gasteiger partial charge in [0.05, 0.1) is 6.54 Å². The Bertz CT molecular complexity index is 641. The number of likely N-dealkylation sites (tertiary alicyclic amines) is 1. The second-order valence-electron chi connectivity index (χ2n) is 5.63. The summed E-state index contributed by atoms with van der Waals surface area (Å²) in [5, 5.41) is 0. The zero-order valence-electron chi connectivity index (χ0n) is 12.8. The first-order valence-corrected chi connectivity index (χ1v) is 7.12. The van der Waals surface area contributed by atoms with Crippen molar-refractivity contribution < 1.29 is 4.79 Å². The number of carbonyl (C=O) groups excluding carboxylic acids is 1. The van der Waals surface area contributed by atoms with E-state index in [1.807, 2.05) is 16.8 Å². The molecule has 0 radical (unpaired) electrons. The van der Waals surface area contributed by atoms with Gasteiger partial charge in [0.1, 0.15) is 0 Å². The van der Waals surface area contributed by atoms with E-state index in [2.05, 4.69) is 0 Å². The lowest BCUT2D eigenvalue weighted by Gasteiger charge is -2.22. The molecule has 0 N–H and O–H groups in total. The Labute approximate surface area is 123 Å². The van der Waals surface area contributed by atoms with Gasteiger partial charge >= 0.3 is 5.69 Å². The normalized spacial score (nSPS) is 15.0. The van der Waals surface area contributed by atoms with E-state index in [0.717, 1.165) is 30.5 Å². The molecule has 0 aromatic carbocycles. The smallest absolute Gasteiger partial charge is 0.330 e. The minimum Gasteiger partial charge on any atom is -0.342 e. The van der Waals surface area contributed by atoms with Crippen molar-refractivity contribution in [2.75, 3.05) is 26.7 Å². The molecule has 0 saturated carbocycles. The molecule has 1 aromatic rings. The molecule has 21 heavy (non-hydrogen) atoms. The lowest BCUT2D eigenvalue weighted by molar-refractivity contribution is -0.131. The van der Waals surface area contributed by atoms with Crippen molar-refractivity contribution in [2.24, 2.45) is 14.1 Å². The van der Waals surface area contributed by atoms with Gasteiger partial charge in [-0.05, 0) is 19.9 Å². The van der Waals surface area contributed by atoms with Gasteiger partial charge in [0.15, 0.2) is 0 Å². The van der Waals surface area contributed by atoms with Crippen LogP contribution in [0.3, 0.4) is 0 Å². The third kappa shape index (κ3) is 3.41. The number of hydrogen-bond acceptors (Lipinski definition) is 4. The summed E-state index contributed by atoms with van der Waals surface area (Å²) < 4.78 is 2.51. The molecular formula is C14H22N4O3. The summed E-state index contributed by atoms with van der Waals surface area (Å²) in [7, 11) is 4.90. The standard InChI is InChI=1S/C14H22N4O3/c1-15(10-13(20)18-6-4-5-7-18)9-11-8-12(19)17(3)14(21)16(11)2/h8H,4-7,9-10H2,1-3H3. The molecule has 1 aliphatic rings. The second kappa shape index (κ2) is 6.26. The van der Waals surface area contributed by atoms with E-state index in [9.17, 15) is 14.4 Å². The minimum absolute atomic E-state index is 0.101. The Morgan fingerprint density at radius 2 is 1.81 bits per heavy atom. The van der Waals surface area contributed by atoms with Crippen LogP contribution in [0.4, 0.5) is 0 Å². The molecule has 2 heterocycles. The molecule has 0 aliphatic carbocycles. The van der Waals surface area contributed by atoms with Crippen LogP contribution in [0.15, 0.2) is 15.7 Å². The number of aromatic nitrogens is 2. The van der Waals surface area contributed by atoms with Gasteiger partial charge in [-0.25, -0.2) is 4.79 Å². The van der Waals surface area contributed by atoms with Crippen LogP contribution in [-0.2, 0) is 25.4 Å². The molecule has 1 fully saturated rings. The fourth-order valence-electron chi connectivity index (χ4n) is 2.56. The lowest BCUT2D eigenvalue weighted by Crippen LogP contribution is -2.41. The third-order valence-electron chi connectivity index (χ3n) is 3.92. The van der Waals surface area contributed by atoms with Crippen molar-refractivity contribution in [3.05, 3.63) is 32.6 Å². The molecule has 1 amide bonds. The average Bonchev–Trinajstić information content (AvgIpc) is 2.96. The number of hydrogen-bond donors (Lipinski definition) is 0. The summed E-state index contributed by atoms with van der Waals surface area (Å²) in [6, 6.07) is 1.44. The first-order chi connectivity index (χ1) is 9.90. The van der Waals surface area contributed by atoms with Crippen LogP contribution in [0.25, 0.3) is 0 Å². The summed E-state index contributed by atoms with van der Waals surface area (Å²) in [6.07, 6.45) is 2.14. The highest BCUT2D eigenvalue weighted by atomic mass is 16.2. The van der Waals surface area contributed by atoms with E-state index in [0.29, 0.717) is 18.8 Å². The van der Waals surface area contributed by atoms with Crippen LogP contribution in [-0.4, -0.2) is 51.5 Å². The van der Waals surface area contributed by atoms with Crippen molar-refractivity contribution in [2.45, 2.75) is 19.4 Å². The van der Waals surface area contributed by atoms with E-state index in [1.54, 1.807) is 7.05 Å². The maximum absolute atomic E-state index is 12.1. The first kappa shape index (κ1) is 15.5.